The molecule has 0 amide bonds. The van der Waals surface area contributed by atoms with Crippen LogP contribution in [0, 0.1) is 0 Å². The molecule has 1 aliphatic rings. The van der Waals surface area contributed by atoms with Crippen molar-refractivity contribution in [3.8, 4) is 0 Å². The van der Waals surface area contributed by atoms with E-state index in [4.69, 9.17) is 5.73 Å². The van der Waals surface area contributed by atoms with Gasteiger partial charge < -0.3 is 10.6 Å². The first-order valence-corrected chi connectivity index (χ1v) is 7.77. The Morgan fingerprint density at radius 2 is 2.05 bits per heavy atom. The summed E-state index contributed by atoms with van der Waals surface area (Å²) in [6, 6.07) is 0.644. The van der Waals surface area contributed by atoms with Crippen molar-refractivity contribution in [2.24, 2.45) is 7.05 Å². The van der Waals surface area contributed by atoms with E-state index in [2.05, 4.69) is 23.8 Å². The van der Waals surface area contributed by atoms with Crippen LogP contribution in [0.1, 0.15) is 58.1 Å². The summed E-state index contributed by atoms with van der Waals surface area (Å²) in [5, 5.41) is 4.62. The number of hydrogen-bond donors (Lipinski definition) is 1. The number of nitrogen functional groups attached to an aromatic ring is 1. The van der Waals surface area contributed by atoms with Gasteiger partial charge in [0.2, 0.25) is 0 Å². The number of nitrogens with zero attached hydrogens (tertiary/aromatic N) is 3. The molecule has 4 nitrogen and oxygen atoms in total. The van der Waals surface area contributed by atoms with E-state index >= 15 is 0 Å². The second-order valence-corrected chi connectivity index (χ2v) is 5.69. The van der Waals surface area contributed by atoms with Gasteiger partial charge in [0.15, 0.2) is 5.82 Å². The molecule has 1 fully saturated rings. The van der Waals surface area contributed by atoms with Crippen LogP contribution in [0.25, 0.3) is 0 Å². The number of piperidine rings is 1. The van der Waals surface area contributed by atoms with Gasteiger partial charge in [-0.05, 0) is 32.1 Å². The van der Waals surface area contributed by atoms with E-state index in [1.165, 1.54) is 32.1 Å². The second kappa shape index (κ2) is 6.31. The van der Waals surface area contributed by atoms with Gasteiger partial charge in [0.05, 0.1) is 11.4 Å². The molecule has 1 saturated heterocycles. The largest absolute Gasteiger partial charge is 0.394 e. The van der Waals surface area contributed by atoms with Crippen molar-refractivity contribution in [2.75, 3.05) is 17.2 Å². The summed E-state index contributed by atoms with van der Waals surface area (Å²) in [6.45, 7) is 5.57. The second-order valence-electron chi connectivity index (χ2n) is 5.69. The van der Waals surface area contributed by atoms with Crippen molar-refractivity contribution < 1.29 is 0 Å². The third kappa shape index (κ3) is 2.88. The van der Waals surface area contributed by atoms with Crippen LogP contribution in [0.2, 0.25) is 0 Å². The van der Waals surface area contributed by atoms with Crippen LogP contribution in [0.5, 0.6) is 0 Å². The number of nitrogens with two attached hydrogens (primary N) is 1. The average molecular weight is 264 g/mol. The minimum Gasteiger partial charge on any atom is -0.394 e. The SMILES string of the molecule is CCCc1nn(C)c(N2CCCCC2CCC)c1N. The minimum atomic E-state index is 0.644. The summed E-state index contributed by atoms with van der Waals surface area (Å²) in [5.74, 6) is 1.15. The highest BCUT2D eigenvalue weighted by Crippen LogP contribution is 2.33. The average Bonchev–Trinajstić information content (AvgIpc) is 2.67. The molecule has 1 unspecified atom stereocenters. The molecular formula is C15H28N4. The molecule has 19 heavy (non-hydrogen) atoms. The van der Waals surface area contributed by atoms with E-state index in [0.29, 0.717) is 6.04 Å². The lowest BCUT2D eigenvalue weighted by Crippen LogP contribution is -2.41. The smallest absolute Gasteiger partial charge is 0.150 e. The molecule has 108 valence electrons. The normalized spacial score (nSPS) is 19.9. The number of hydrogen-bond acceptors (Lipinski definition) is 3. The van der Waals surface area contributed by atoms with Gasteiger partial charge >= 0.3 is 0 Å². The van der Waals surface area contributed by atoms with Crippen LogP contribution in [0.15, 0.2) is 0 Å². The van der Waals surface area contributed by atoms with Gasteiger partial charge in [0.1, 0.15) is 0 Å². The maximum atomic E-state index is 6.35. The van der Waals surface area contributed by atoms with Gasteiger partial charge in [-0.2, -0.15) is 5.10 Å². The monoisotopic (exact) mass is 264 g/mol. The van der Waals surface area contributed by atoms with E-state index in [-0.39, 0.29) is 0 Å². The lowest BCUT2D eigenvalue weighted by Gasteiger charge is -2.37. The van der Waals surface area contributed by atoms with Crippen molar-refractivity contribution in [2.45, 2.75) is 64.8 Å². The van der Waals surface area contributed by atoms with Crippen molar-refractivity contribution >= 4 is 11.5 Å². The van der Waals surface area contributed by atoms with Crippen LogP contribution < -0.4 is 10.6 Å². The molecule has 0 spiro atoms. The Morgan fingerprint density at radius 1 is 1.26 bits per heavy atom. The van der Waals surface area contributed by atoms with Crippen molar-refractivity contribution in [3.63, 3.8) is 0 Å². The third-order valence-corrected chi connectivity index (χ3v) is 4.14. The van der Waals surface area contributed by atoms with Gasteiger partial charge in [-0.1, -0.05) is 26.7 Å². The quantitative estimate of drug-likeness (QED) is 0.889. The van der Waals surface area contributed by atoms with Crippen LogP contribution in [-0.4, -0.2) is 22.4 Å². The van der Waals surface area contributed by atoms with E-state index < -0.39 is 0 Å². The molecule has 0 aliphatic carbocycles. The summed E-state index contributed by atoms with van der Waals surface area (Å²) in [5.41, 5.74) is 8.33. The summed E-state index contributed by atoms with van der Waals surface area (Å²) in [4.78, 5) is 2.51. The van der Waals surface area contributed by atoms with Gasteiger partial charge in [0, 0.05) is 19.6 Å². The molecule has 2 N–H and O–H groups in total. The molecule has 1 atom stereocenters. The first-order valence-electron chi connectivity index (χ1n) is 7.77. The van der Waals surface area contributed by atoms with Gasteiger partial charge in [0.25, 0.3) is 0 Å². The van der Waals surface area contributed by atoms with Crippen LogP contribution >= 0.6 is 0 Å². The fourth-order valence-corrected chi connectivity index (χ4v) is 3.26. The number of aryl methyl sites for hydroxylation is 2. The van der Waals surface area contributed by atoms with E-state index in [0.717, 1.165) is 36.6 Å². The Morgan fingerprint density at radius 3 is 2.74 bits per heavy atom. The minimum absolute atomic E-state index is 0.644. The third-order valence-electron chi connectivity index (χ3n) is 4.14. The van der Waals surface area contributed by atoms with E-state index in [9.17, 15) is 0 Å². The van der Waals surface area contributed by atoms with E-state index in [1.54, 1.807) is 0 Å². The van der Waals surface area contributed by atoms with Gasteiger partial charge in [-0.3, -0.25) is 4.68 Å². The first-order chi connectivity index (χ1) is 9.19. The highest BCUT2D eigenvalue weighted by Gasteiger charge is 2.27. The molecule has 0 saturated carbocycles. The molecule has 1 aromatic rings. The predicted octanol–water partition coefficient (Wildman–Crippen LogP) is 3.11. The Kier molecular flexibility index (Phi) is 4.72. The zero-order chi connectivity index (χ0) is 13.8. The maximum Gasteiger partial charge on any atom is 0.150 e. The van der Waals surface area contributed by atoms with Crippen LogP contribution in [-0.2, 0) is 13.5 Å². The van der Waals surface area contributed by atoms with E-state index in [1.807, 2.05) is 11.7 Å². The molecule has 0 aromatic carbocycles. The van der Waals surface area contributed by atoms with Gasteiger partial charge in [-0.15, -0.1) is 0 Å². The Hall–Kier alpha value is -1.19. The fraction of sp³-hybridized carbons (Fsp3) is 0.800. The molecule has 0 bridgehead atoms. The molecule has 1 aliphatic heterocycles. The van der Waals surface area contributed by atoms with Crippen LogP contribution in [0.3, 0.4) is 0 Å². The van der Waals surface area contributed by atoms with Crippen molar-refractivity contribution in [1.82, 2.24) is 9.78 Å². The lowest BCUT2D eigenvalue weighted by molar-refractivity contribution is 0.427. The summed E-state index contributed by atoms with van der Waals surface area (Å²) in [7, 11) is 2.03. The van der Waals surface area contributed by atoms with Crippen molar-refractivity contribution in [1.29, 1.82) is 0 Å². The predicted molar refractivity (Wildman–Crippen MR) is 81.5 cm³/mol. The molecule has 4 heteroatoms. The summed E-state index contributed by atoms with van der Waals surface area (Å²) in [6.07, 6.45) is 8.48. The Bertz CT molecular complexity index is 409. The summed E-state index contributed by atoms with van der Waals surface area (Å²) >= 11 is 0. The molecule has 2 heterocycles. The Balaban J connectivity index is 2.28. The molecular weight excluding hydrogens is 236 g/mol. The van der Waals surface area contributed by atoms with Crippen molar-refractivity contribution in [3.05, 3.63) is 5.69 Å². The zero-order valence-corrected chi connectivity index (χ0v) is 12.7. The lowest BCUT2D eigenvalue weighted by atomic mass is 9.98. The fourth-order valence-electron chi connectivity index (χ4n) is 3.26. The summed E-state index contributed by atoms with van der Waals surface area (Å²) < 4.78 is 1.99. The number of rotatable bonds is 5. The molecule has 1 aromatic heterocycles. The Labute approximate surface area is 117 Å². The standard InChI is InChI=1S/C15H28N4/c1-4-8-12-10-6-7-11-19(12)15-14(16)13(9-5-2)17-18(15)3/h12H,4-11,16H2,1-3H3. The maximum absolute atomic E-state index is 6.35. The van der Waals surface area contributed by atoms with Gasteiger partial charge in [-0.25, -0.2) is 0 Å². The number of anilines is 2. The highest BCUT2D eigenvalue weighted by molar-refractivity contribution is 5.67. The number of aromatic nitrogens is 2. The zero-order valence-electron chi connectivity index (χ0n) is 12.7. The molecule has 0 radical (unpaired) electrons. The topological polar surface area (TPSA) is 47.1 Å². The first kappa shape index (κ1) is 14.2. The van der Waals surface area contributed by atoms with Crippen LogP contribution in [0.4, 0.5) is 11.5 Å². The molecule has 2 rings (SSSR count). The highest BCUT2D eigenvalue weighted by atomic mass is 15.4.